The molecule has 7 aromatic rings. The third-order valence-corrected chi connectivity index (χ3v) is 8.29. The summed E-state index contributed by atoms with van der Waals surface area (Å²) in [6.45, 7) is 10.7. The van der Waals surface area contributed by atoms with Crippen molar-refractivity contribution in [3.63, 3.8) is 0 Å². The minimum Gasteiger partial charge on any atom is -0.456 e. The Morgan fingerprint density at radius 2 is 0.795 bits per heavy atom. The molecule has 0 atom stereocenters. The number of fused-ring (bicyclic) bond motifs is 3. The second-order valence-electron chi connectivity index (χ2n) is 11.9. The van der Waals surface area contributed by atoms with Crippen LogP contribution in [0.2, 0.25) is 0 Å². The highest BCUT2D eigenvalue weighted by atomic mass is 16.3. The predicted octanol–water partition coefficient (Wildman–Crippen LogP) is 12.1. The first-order valence-electron chi connectivity index (χ1n) is 15.2. The zero-order chi connectivity index (χ0) is 30.4. The fourth-order valence-electron chi connectivity index (χ4n) is 6.31. The van der Waals surface area contributed by atoms with Gasteiger partial charge in [-0.15, -0.1) is 0 Å². The molecule has 0 fully saturated rings. The molecule has 0 amide bonds. The average Bonchev–Trinajstić information content (AvgIpc) is 3.36. The summed E-state index contributed by atoms with van der Waals surface area (Å²) in [7, 11) is 0. The lowest BCUT2D eigenvalue weighted by atomic mass is 10.0. The second-order valence-corrected chi connectivity index (χ2v) is 11.9. The lowest BCUT2D eigenvalue weighted by molar-refractivity contribution is 0.669. The largest absolute Gasteiger partial charge is 0.456 e. The van der Waals surface area contributed by atoms with E-state index in [-0.39, 0.29) is 0 Å². The van der Waals surface area contributed by atoms with Crippen molar-refractivity contribution in [1.82, 2.24) is 0 Å². The fourth-order valence-corrected chi connectivity index (χ4v) is 6.31. The van der Waals surface area contributed by atoms with Crippen molar-refractivity contribution in [3.8, 4) is 0 Å². The first-order valence-corrected chi connectivity index (χ1v) is 15.2. The molecule has 0 saturated carbocycles. The van der Waals surface area contributed by atoms with Gasteiger partial charge in [0.15, 0.2) is 0 Å². The van der Waals surface area contributed by atoms with Gasteiger partial charge in [0.1, 0.15) is 11.2 Å². The molecule has 44 heavy (non-hydrogen) atoms. The van der Waals surface area contributed by atoms with E-state index >= 15 is 0 Å². The maximum Gasteiger partial charge on any atom is 0.137 e. The summed E-state index contributed by atoms with van der Waals surface area (Å²) >= 11 is 0. The lowest BCUT2D eigenvalue weighted by Gasteiger charge is -2.26. The summed E-state index contributed by atoms with van der Waals surface area (Å²) in [6.07, 6.45) is 0. The van der Waals surface area contributed by atoms with E-state index in [1.807, 2.05) is 0 Å². The van der Waals surface area contributed by atoms with Crippen LogP contribution in [0.5, 0.6) is 0 Å². The molecule has 1 aromatic heterocycles. The third-order valence-electron chi connectivity index (χ3n) is 8.29. The van der Waals surface area contributed by atoms with Crippen LogP contribution < -0.4 is 9.80 Å². The Bertz CT molecular complexity index is 2060. The predicted molar refractivity (Wildman–Crippen MR) is 187 cm³/mol. The molecular weight excluding hydrogens is 536 g/mol. The van der Waals surface area contributed by atoms with E-state index in [9.17, 15) is 0 Å². The second kappa shape index (κ2) is 11.1. The van der Waals surface area contributed by atoms with Crippen LogP contribution in [0.3, 0.4) is 0 Å². The molecule has 216 valence electrons. The first kappa shape index (κ1) is 27.5. The van der Waals surface area contributed by atoms with Crippen LogP contribution in [-0.4, -0.2) is 0 Å². The van der Waals surface area contributed by atoms with Crippen LogP contribution in [0, 0.1) is 34.6 Å². The molecule has 0 saturated heterocycles. The van der Waals surface area contributed by atoms with Crippen LogP contribution in [0.1, 0.15) is 27.8 Å². The Labute approximate surface area is 259 Å². The number of benzene rings is 6. The molecule has 0 aliphatic rings. The number of anilines is 6. The molecule has 6 aromatic carbocycles. The monoisotopic (exact) mass is 572 g/mol. The van der Waals surface area contributed by atoms with Crippen molar-refractivity contribution in [2.24, 2.45) is 0 Å². The number of nitrogens with zero attached hydrogens (tertiary/aromatic N) is 2. The maximum atomic E-state index is 6.70. The molecule has 0 aliphatic heterocycles. The van der Waals surface area contributed by atoms with Gasteiger partial charge in [0.05, 0.1) is 5.69 Å². The molecular formula is C41H36N2O. The van der Waals surface area contributed by atoms with Crippen molar-refractivity contribution in [2.45, 2.75) is 34.6 Å². The SMILES string of the molecule is Cc1cccc(N(c2cccc(C)c2)c2ccc3c(c2)oc2cc(N(c4cccc(C)c4)c4cccc(C)c4)cc(C)c23)c1. The number of hydrogen-bond acceptors (Lipinski definition) is 3. The zero-order valence-electron chi connectivity index (χ0n) is 25.9. The highest BCUT2D eigenvalue weighted by Gasteiger charge is 2.19. The van der Waals surface area contributed by atoms with Crippen LogP contribution in [0.25, 0.3) is 21.9 Å². The smallest absolute Gasteiger partial charge is 0.137 e. The average molecular weight is 573 g/mol. The highest BCUT2D eigenvalue weighted by molar-refractivity contribution is 6.09. The van der Waals surface area contributed by atoms with E-state index < -0.39 is 0 Å². The first-order chi connectivity index (χ1) is 21.3. The van der Waals surface area contributed by atoms with Gasteiger partial charge in [0.25, 0.3) is 0 Å². The van der Waals surface area contributed by atoms with Gasteiger partial charge in [-0.25, -0.2) is 0 Å². The van der Waals surface area contributed by atoms with Gasteiger partial charge in [-0.05, 0) is 129 Å². The normalized spacial score (nSPS) is 11.3. The topological polar surface area (TPSA) is 19.6 Å². The molecule has 0 spiro atoms. The van der Waals surface area contributed by atoms with Crippen molar-refractivity contribution in [3.05, 3.63) is 155 Å². The molecule has 0 unspecified atom stereocenters. The summed E-state index contributed by atoms with van der Waals surface area (Å²) in [6, 6.07) is 45.7. The molecule has 0 bridgehead atoms. The van der Waals surface area contributed by atoms with Gasteiger partial charge >= 0.3 is 0 Å². The Kier molecular flexibility index (Phi) is 6.94. The van der Waals surface area contributed by atoms with Crippen LogP contribution in [0.15, 0.2) is 132 Å². The van der Waals surface area contributed by atoms with Gasteiger partial charge in [-0.2, -0.15) is 0 Å². The summed E-state index contributed by atoms with van der Waals surface area (Å²) in [5, 5.41) is 2.28. The molecule has 7 rings (SSSR count). The van der Waals surface area contributed by atoms with Gasteiger partial charge < -0.3 is 14.2 Å². The molecule has 1 heterocycles. The lowest BCUT2D eigenvalue weighted by Crippen LogP contribution is -2.10. The van der Waals surface area contributed by atoms with Gasteiger partial charge in [-0.1, -0.05) is 48.5 Å². The van der Waals surface area contributed by atoms with E-state index in [1.54, 1.807) is 0 Å². The summed E-state index contributed by atoms with van der Waals surface area (Å²) < 4.78 is 6.70. The van der Waals surface area contributed by atoms with Gasteiger partial charge in [-0.3, -0.25) is 0 Å². The molecule has 3 heteroatoms. The molecule has 3 nitrogen and oxygen atoms in total. The fraction of sp³-hybridized carbons (Fsp3) is 0.122. The summed E-state index contributed by atoms with van der Waals surface area (Å²) in [4.78, 5) is 4.63. The van der Waals surface area contributed by atoms with Crippen LogP contribution in [-0.2, 0) is 0 Å². The zero-order valence-corrected chi connectivity index (χ0v) is 25.9. The number of rotatable bonds is 6. The quantitative estimate of drug-likeness (QED) is 0.198. The van der Waals surface area contributed by atoms with E-state index in [0.717, 1.165) is 56.1 Å². The van der Waals surface area contributed by atoms with Crippen molar-refractivity contribution in [2.75, 3.05) is 9.80 Å². The Hall–Kier alpha value is -5.28. The van der Waals surface area contributed by atoms with E-state index in [2.05, 4.69) is 172 Å². The van der Waals surface area contributed by atoms with E-state index in [0.29, 0.717) is 0 Å². The van der Waals surface area contributed by atoms with Crippen LogP contribution >= 0.6 is 0 Å². The van der Waals surface area contributed by atoms with Crippen molar-refractivity contribution in [1.29, 1.82) is 0 Å². The van der Waals surface area contributed by atoms with Crippen molar-refractivity contribution < 1.29 is 4.42 Å². The van der Waals surface area contributed by atoms with Crippen LogP contribution in [0.4, 0.5) is 34.1 Å². The van der Waals surface area contributed by atoms with E-state index in [4.69, 9.17) is 4.42 Å². The summed E-state index contributed by atoms with van der Waals surface area (Å²) in [5.41, 5.74) is 14.5. The third kappa shape index (κ3) is 5.11. The maximum absolute atomic E-state index is 6.70. The minimum absolute atomic E-state index is 0.876. The Morgan fingerprint density at radius 3 is 1.25 bits per heavy atom. The number of aryl methyl sites for hydroxylation is 5. The number of hydrogen-bond donors (Lipinski definition) is 0. The standard InChI is InChI=1S/C41H36N2O/c1-27-10-6-14-32(20-27)42(33-15-7-11-28(2)21-33)36-18-19-38-39(25-36)44-40-26-37(24-31(5)41(38)40)43(34-16-8-12-29(3)22-34)35-17-9-13-30(4)23-35/h6-26H,1-5H3. The Morgan fingerprint density at radius 1 is 0.386 bits per heavy atom. The van der Waals surface area contributed by atoms with Gasteiger partial charge in [0, 0.05) is 51.3 Å². The van der Waals surface area contributed by atoms with Gasteiger partial charge in [0.2, 0.25) is 0 Å². The molecule has 0 radical (unpaired) electrons. The number of furan rings is 1. The molecule has 0 aliphatic carbocycles. The Balaban J connectivity index is 1.39. The minimum atomic E-state index is 0.876. The highest BCUT2D eigenvalue weighted by Crippen LogP contribution is 2.43. The van der Waals surface area contributed by atoms with Crippen molar-refractivity contribution >= 4 is 56.1 Å². The summed E-state index contributed by atoms with van der Waals surface area (Å²) in [5.74, 6) is 0. The molecule has 0 N–H and O–H groups in total. The van der Waals surface area contributed by atoms with E-state index in [1.165, 1.54) is 27.8 Å².